The van der Waals surface area contributed by atoms with Gasteiger partial charge in [-0.15, -0.1) is 0 Å². The molecule has 1 saturated heterocycles. The molecule has 0 saturated carbocycles. The largest absolute Gasteiger partial charge is 0.472 e. The van der Waals surface area contributed by atoms with E-state index in [0.717, 1.165) is 38.9 Å². The van der Waals surface area contributed by atoms with E-state index in [1.807, 2.05) is 6.92 Å². The molecule has 0 aliphatic carbocycles. The van der Waals surface area contributed by atoms with E-state index in [0.29, 0.717) is 12.8 Å². The van der Waals surface area contributed by atoms with Gasteiger partial charge >= 0.3 is 7.82 Å². The Kier molecular flexibility index (Phi) is 22.2. The maximum absolute atomic E-state index is 12.3. The molecule has 1 heterocycles. The topological polar surface area (TPSA) is 77.3 Å². The van der Waals surface area contributed by atoms with Crippen molar-refractivity contribution < 1.29 is 28.2 Å². The van der Waals surface area contributed by atoms with Gasteiger partial charge in [-0.1, -0.05) is 117 Å². The molecule has 220 valence electrons. The highest BCUT2D eigenvalue weighted by Crippen LogP contribution is 2.43. The van der Waals surface area contributed by atoms with E-state index in [4.69, 9.17) is 9.05 Å². The van der Waals surface area contributed by atoms with Crippen molar-refractivity contribution in [1.82, 2.24) is 0 Å². The number of phosphoric ester groups is 1. The van der Waals surface area contributed by atoms with Gasteiger partial charge in [-0.25, -0.2) is 4.57 Å². The van der Waals surface area contributed by atoms with Crippen LogP contribution in [0.2, 0.25) is 0 Å². The Morgan fingerprint density at radius 3 is 1.76 bits per heavy atom. The lowest BCUT2D eigenvalue weighted by Gasteiger charge is -2.19. The molecule has 2 atom stereocenters. The third-order valence-corrected chi connectivity index (χ3v) is 8.85. The molecule has 0 aromatic rings. The molecule has 0 radical (unpaired) electrons. The molecule has 1 aliphatic heterocycles. The number of carbonyl (C=O) groups excluding carboxylic acids is 1. The quantitative estimate of drug-likeness (QED) is 0.0827. The predicted molar refractivity (Wildman–Crippen MR) is 154 cm³/mol. The highest BCUT2D eigenvalue weighted by molar-refractivity contribution is 7.47. The number of likely N-dealkylation sites (tertiary alicyclic amines) is 1. The van der Waals surface area contributed by atoms with Gasteiger partial charge < -0.3 is 9.79 Å². The summed E-state index contributed by atoms with van der Waals surface area (Å²) in [6.45, 7) is 7.47. The van der Waals surface area contributed by atoms with Crippen LogP contribution < -0.4 is 4.90 Å². The summed E-state index contributed by atoms with van der Waals surface area (Å²) in [4.78, 5) is 23.5. The Balaban J connectivity index is 2.05. The monoisotopic (exact) mass is 546 g/mol. The second-order valence-corrected chi connectivity index (χ2v) is 12.8. The van der Waals surface area contributed by atoms with Gasteiger partial charge in [-0.05, 0) is 12.3 Å². The maximum Gasteiger partial charge on any atom is 0.472 e. The molecule has 0 spiro atoms. The van der Waals surface area contributed by atoms with E-state index in [9.17, 15) is 14.3 Å². The maximum atomic E-state index is 12.3. The van der Waals surface area contributed by atoms with E-state index in [-0.39, 0.29) is 24.9 Å². The second kappa shape index (κ2) is 23.6. The molecule has 0 aromatic heterocycles. The van der Waals surface area contributed by atoms with Crippen molar-refractivity contribution in [3.63, 3.8) is 0 Å². The number of hydrogen-bond acceptors (Lipinski definition) is 4. The minimum atomic E-state index is -4.06. The van der Waals surface area contributed by atoms with Crippen LogP contribution in [0.25, 0.3) is 0 Å². The van der Waals surface area contributed by atoms with Crippen LogP contribution in [0.1, 0.15) is 149 Å². The smallest absolute Gasteiger partial charge is 0.333 e. The molecule has 2 N–H and O–H groups in total. The fraction of sp³-hybridized carbons (Fsp3) is 0.967. The minimum Gasteiger partial charge on any atom is -0.333 e. The van der Waals surface area contributed by atoms with Crippen LogP contribution in [-0.2, 0) is 18.4 Å². The SMILES string of the molecule is CCCCCCCCCCCCCCCCCCC(COP(=O)(O)OCC[NH+]1CCCC1)CC(=O)CC. The molecule has 1 rings (SSSR count). The van der Waals surface area contributed by atoms with Gasteiger partial charge in [0.15, 0.2) is 0 Å². The first-order valence-electron chi connectivity index (χ1n) is 15.9. The Labute approximate surface area is 229 Å². The standard InChI is InChI=1S/C30H60NO5P/c1-3-5-6-7-8-9-10-11-12-13-14-15-16-17-18-19-22-29(27-30(32)4-2)28-36-37(33,34)35-26-25-31-23-20-21-24-31/h29H,3-28H2,1-2H3,(H,33,34)/p+1. The van der Waals surface area contributed by atoms with E-state index < -0.39 is 7.82 Å². The van der Waals surface area contributed by atoms with Crippen molar-refractivity contribution in [3.05, 3.63) is 0 Å². The number of phosphoric acid groups is 1. The van der Waals surface area contributed by atoms with E-state index >= 15 is 0 Å². The Bertz CT molecular complexity index is 582. The minimum absolute atomic E-state index is 0.00706. The van der Waals surface area contributed by atoms with Crippen LogP contribution in [0.3, 0.4) is 0 Å². The van der Waals surface area contributed by atoms with Gasteiger partial charge in [0, 0.05) is 25.7 Å². The number of ketones is 1. The number of hydrogen-bond donors (Lipinski definition) is 2. The molecular formula is C30H61NO5P+. The van der Waals surface area contributed by atoms with Gasteiger partial charge in [0.2, 0.25) is 0 Å². The Hall–Kier alpha value is -0.260. The Morgan fingerprint density at radius 1 is 0.784 bits per heavy atom. The summed E-state index contributed by atoms with van der Waals surface area (Å²) in [5.74, 6) is 0.184. The highest BCUT2D eigenvalue weighted by Gasteiger charge is 2.25. The first kappa shape index (κ1) is 34.8. The average Bonchev–Trinajstić information content (AvgIpc) is 3.40. The molecular weight excluding hydrogens is 485 g/mol. The first-order valence-corrected chi connectivity index (χ1v) is 17.4. The zero-order chi connectivity index (χ0) is 27.0. The van der Waals surface area contributed by atoms with Crippen molar-refractivity contribution in [2.75, 3.05) is 32.8 Å². The number of unbranched alkanes of at least 4 members (excludes halogenated alkanes) is 15. The van der Waals surface area contributed by atoms with Gasteiger partial charge in [0.25, 0.3) is 0 Å². The zero-order valence-electron chi connectivity index (χ0n) is 24.5. The van der Waals surface area contributed by atoms with E-state index in [1.165, 1.54) is 108 Å². The van der Waals surface area contributed by atoms with Crippen molar-refractivity contribution in [2.24, 2.45) is 5.92 Å². The van der Waals surface area contributed by atoms with Gasteiger partial charge in [-0.2, -0.15) is 0 Å². The summed E-state index contributed by atoms with van der Waals surface area (Å²) in [5.41, 5.74) is 0. The molecule has 0 aromatic carbocycles. The fourth-order valence-electron chi connectivity index (χ4n) is 5.36. The van der Waals surface area contributed by atoms with Crippen LogP contribution in [0, 0.1) is 5.92 Å². The number of nitrogens with one attached hydrogen (secondary N) is 1. The van der Waals surface area contributed by atoms with Crippen molar-refractivity contribution >= 4 is 13.6 Å². The summed E-state index contributed by atoms with van der Waals surface area (Å²) in [6.07, 6.45) is 25.6. The van der Waals surface area contributed by atoms with Crippen LogP contribution >= 0.6 is 7.82 Å². The molecule has 6 nitrogen and oxygen atoms in total. The summed E-state index contributed by atoms with van der Waals surface area (Å²) >= 11 is 0. The predicted octanol–water partition coefficient (Wildman–Crippen LogP) is 7.44. The Morgan fingerprint density at radius 2 is 1.27 bits per heavy atom. The molecule has 2 unspecified atom stereocenters. The van der Waals surface area contributed by atoms with Crippen molar-refractivity contribution in [2.45, 2.75) is 149 Å². The van der Waals surface area contributed by atoms with E-state index in [1.54, 1.807) is 0 Å². The molecule has 0 amide bonds. The fourth-order valence-corrected chi connectivity index (χ4v) is 6.15. The summed E-state index contributed by atoms with van der Waals surface area (Å²) in [7, 11) is -4.06. The summed E-state index contributed by atoms with van der Waals surface area (Å²) in [5, 5.41) is 0. The third-order valence-electron chi connectivity index (χ3n) is 7.87. The third kappa shape index (κ3) is 21.3. The summed E-state index contributed by atoms with van der Waals surface area (Å²) < 4.78 is 22.8. The van der Waals surface area contributed by atoms with Crippen LogP contribution in [-0.4, -0.2) is 43.5 Å². The molecule has 1 aliphatic rings. The van der Waals surface area contributed by atoms with E-state index in [2.05, 4.69) is 6.92 Å². The number of Topliss-reactive ketones (excluding diaryl/α,β-unsaturated/α-hetero) is 1. The molecule has 7 heteroatoms. The van der Waals surface area contributed by atoms with Gasteiger partial charge in [0.1, 0.15) is 18.9 Å². The van der Waals surface area contributed by atoms with Crippen molar-refractivity contribution in [3.8, 4) is 0 Å². The van der Waals surface area contributed by atoms with Crippen LogP contribution in [0.4, 0.5) is 0 Å². The zero-order valence-corrected chi connectivity index (χ0v) is 25.4. The number of carbonyl (C=O) groups is 1. The number of rotatable bonds is 27. The molecule has 0 bridgehead atoms. The normalized spacial score (nSPS) is 16.7. The molecule has 37 heavy (non-hydrogen) atoms. The molecule has 1 fully saturated rings. The van der Waals surface area contributed by atoms with Crippen molar-refractivity contribution in [1.29, 1.82) is 0 Å². The van der Waals surface area contributed by atoms with Crippen LogP contribution in [0.15, 0.2) is 0 Å². The lowest BCUT2D eigenvalue weighted by atomic mass is 9.95. The lowest BCUT2D eigenvalue weighted by molar-refractivity contribution is -0.887. The van der Waals surface area contributed by atoms with Gasteiger partial charge in [0.05, 0.1) is 19.7 Å². The lowest BCUT2D eigenvalue weighted by Crippen LogP contribution is -3.10. The highest BCUT2D eigenvalue weighted by atomic mass is 31.2. The number of quaternary nitrogens is 1. The van der Waals surface area contributed by atoms with Gasteiger partial charge in [-0.3, -0.25) is 13.8 Å². The average molecular weight is 547 g/mol. The summed E-state index contributed by atoms with van der Waals surface area (Å²) in [6, 6.07) is 0. The second-order valence-electron chi connectivity index (χ2n) is 11.4. The van der Waals surface area contributed by atoms with Crippen LogP contribution in [0.5, 0.6) is 0 Å². The first-order chi connectivity index (χ1) is 18.0.